The first kappa shape index (κ1) is 30.1. The van der Waals surface area contributed by atoms with E-state index in [-0.39, 0.29) is 11.8 Å². The number of nitrogens with one attached hydrogen (secondary N) is 2. The number of fused-ring (bicyclic) bond motifs is 1. The van der Waals surface area contributed by atoms with E-state index in [4.69, 9.17) is 4.74 Å². The number of aryl methyl sites for hydroxylation is 1. The topological polar surface area (TPSA) is 123 Å². The van der Waals surface area contributed by atoms with Crippen LogP contribution in [0.15, 0.2) is 54.6 Å². The summed E-state index contributed by atoms with van der Waals surface area (Å²) in [5.41, 5.74) is 2.74. The normalized spacial score (nSPS) is 14.3. The zero-order chi connectivity index (χ0) is 30.6. The van der Waals surface area contributed by atoms with Gasteiger partial charge in [0, 0.05) is 49.6 Å². The van der Waals surface area contributed by atoms with Gasteiger partial charge in [-0.2, -0.15) is 5.26 Å². The Kier molecular flexibility index (Phi) is 9.01. The number of rotatable bonds is 9. The highest BCUT2D eigenvalue weighted by molar-refractivity contribution is 7.21. The van der Waals surface area contributed by atoms with E-state index in [9.17, 15) is 14.9 Å². The second-order valence-electron chi connectivity index (χ2n) is 11.2. The summed E-state index contributed by atoms with van der Waals surface area (Å²) in [6.07, 6.45) is 0.723. The van der Waals surface area contributed by atoms with Gasteiger partial charge < -0.3 is 20.3 Å². The number of piperazine rings is 1. The van der Waals surface area contributed by atoms with Crippen LogP contribution in [-0.4, -0.2) is 71.4 Å². The van der Waals surface area contributed by atoms with Gasteiger partial charge in [-0.05, 0) is 62.7 Å². The summed E-state index contributed by atoms with van der Waals surface area (Å²) < 4.78 is 6.20. The Hall–Kier alpha value is -4.37. The molecule has 222 valence electrons. The molecule has 2 amide bonds. The summed E-state index contributed by atoms with van der Waals surface area (Å²) in [4.78, 5) is 39.9. The molecule has 5 rings (SSSR count). The highest BCUT2D eigenvalue weighted by Gasteiger charge is 2.21. The molecule has 2 aromatic carbocycles. The molecule has 43 heavy (non-hydrogen) atoms. The molecule has 11 heteroatoms. The quantitative estimate of drug-likeness (QED) is 0.267. The van der Waals surface area contributed by atoms with Crippen molar-refractivity contribution >= 4 is 44.3 Å². The second kappa shape index (κ2) is 12.9. The fourth-order valence-electron chi connectivity index (χ4n) is 4.73. The summed E-state index contributed by atoms with van der Waals surface area (Å²) in [6, 6.07) is 18.5. The van der Waals surface area contributed by atoms with Crippen LogP contribution in [0.25, 0.3) is 10.3 Å². The summed E-state index contributed by atoms with van der Waals surface area (Å²) in [5, 5.41) is 15.8. The first-order valence-electron chi connectivity index (χ1n) is 14.3. The van der Waals surface area contributed by atoms with Crippen molar-refractivity contribution in [3.8, 4) is 17.7 Å². The molecule has 0 atom stereocenters. The predicted octanol–water partition coefficient (Wildman–Crippen LogP) is 5.29. The number of ether oxygens (including phenoxy) is 1. The predicted molar refractivity (Wildman–Crippen MR) is 169 cm³/mol. The summed E-state index contributed by atoms with van der Waals surface area (Å²) in [7, 11) is 2.09. The van der Waals surface area contributed by atoms with Crippen LogP contribution in [0.1, 0.15) is 42.3 Å². The van der Waals surface area contributed by atoms with Crippen molar-refractivity contribution in [2.75, 3.05) is 50.4 Å². The Morgan fingerprint density at radius 3 is 2.58 bits per heavy atom. The fraction of sp³-hybridized carbons (Fsp3) is 0.344. The Labute approximate surface area is 255 Å². The third kappa shape index (κ3) is 7.35. The lowest BCUT2D eigenvalue weighted by Gasteiger charge is -2.31. The number of hydrogen-bond donors (Lipinski definition) is 2. The van der Waals surface area contributed by atoms with Gasteiger partial charge in [0.15, 0.2) is 5.13 Å². The molecule has 1 fully saturated rings. The largest absolute Gasteiger partial charge is 0.439 e. The second-order valence-corrected chi connectivity index (χ2v) is 12.1. The molecule has 2 N–H and O–H groups in total. The van der Waals surface area contributed by atoms with E-state index in [1.165, 1.54) is 11.3 Å². The molecular weight excluding hydrogens is 562 g/mol. The number of carbonyl (C=O) groups excluding carboxylic acids is 2. The van der Waals surface area contributed by atoms with E-state index in [0.29, 0.717) is 44.9 Å². The molecular formula is C32H35N7O3S. The Balaban J connectivity index is 1.27. The molecule has 0 saturated carbocycles. The summed E-state index contributed by atoms with van der Waals surface area (Å²) >= 11 is 1.30. The van der Waals surface area contributed by atoms with E-state index >= 15 is 0 Å². The van der Waals surface area contributed by atoms with Crippen LogP contribution in [0.4, 0.5) is 10.8 Å². The Morgan fingerprint density at radius 1 is 1.05 bits per heavy atom. The van der Waals surface area contributed by atoms with Crippen LogP contribution in [0, 0.1) is 11.3 Å². The van der Waals surface area contributed by atoms with Crippen LogP contribution in [-0.2, 0) is 16.6 Å². The molecule has 0 spiro atoms. The van der Waals surface area contributed by atoms with E-state index in [1.54, 1.807) is 30.3 Å². The van der Waals surface area contributed by atoms with Gasteiger partial charge in [-0.25, -0.2) is 9.97 Å². The van der Waals surface area contributed by atoms with Gasteiger partial charge in [-0.3, -0.25) is 14.5 Å². The van der Waals surface area contributed by atoms with Gasteiger partial charge in [0.1, 0.15) is 16.1 Å². The van der Waals surface area contributed by atoms with E-state index in [2.05, 4.69) is 43.5 Å². The van der Waals surface area contributed by atoms with Crippen LogP contribution in [0.2, 0.25) is 0 Å². The number of anilines is 2. The maximum Gasteiger partial charge on any atom is 0.255 e. The lowest BCUT2D eigenvalue weighted by atomic mass is 9.85. The van der Waals surface area contributed by atoms with E-state index in [0.717, 1.165) is 43.7 Å². The minimum absolute atomic E-state index is 0.0907. The number of benzene rings is 2. The molecule has 1 aliphatic rings. The fourth-order valence-corrected chi connectivity index (χ4v) is 5.57. The van der Waals surface area contributed by atoms with Crippen molar-refractivity contribution in [2.24, 2.45) is 0 Å². The lowest BCUT2D eigenvalue weighted by Crippen LogP contribution is -2.47. The first-order valence-corrected chi connectivity index (χ1v) is 15.1. The molecule has 0 unspecified atom stereocenters. The SMILES string of the molecule is CCc1ccc(NC(=O)c2cccc(C(C)(C)C#N)c2)cc1Oc1ccc2nc(NC(=O)CN3CCN(C)CC3)sc2n1. The van der Waals surface area contributed by atoms with Crippen LogP contribution >= 0.6 is 11.3 Å². The first-order chi connectivity index (χ1) is 20.6. The lowest BCUT2D eigenvalue weighted by molar-refractivity contribution is -0.117. The average molecular weight is 598 g/mol. The molecule has 1 aliphatic heterocycles. The third-order valence-corrected chi connectivity index (χ3v) is 8.37. The number of amides is 2. The van der Waals surface area contributed by atoms with E-state index in [1.807, 2.05) is 45.0 Å². The number of carbonyl (C=O) groups is 2. The average Bonchev–Trinajstić information content (AvgIpc) is 3.40. The standard InChI is InChI=1S/C32H35N7O3S/c1-5-21-9-10-24(34-29(41)22-7-6-8-23(17-22)32(2,3)20-33)18-26(21)42-28-12-11-25-30(37-28)43-31(35-25)36-27(40)19-39-15-13-38(4)14-16-39/h6-12,17-18H,5,13-16,19H2,1-4H3,(H,34,41)(H,35,36,40). The van der Waals surface area contributed by atoms with Crippen LogP contribution < -0.4 is 15.4 Å². The van der Waals surface area contributed by atoms with Gasteiger partial charge in [0.05, 0.1) is 18.0 Å². The minimum atomic E-state index is -0.705. The van der Waals surface area contributed by atoms with Crippen molar-refractivity contribution in [1.82, 2.24) is 19.8 Å². The van der Waals surface area contributed by atoms with Crippen LogP contribution in [0.5, 0.6) is 11.6 Å². The number of likely N-dealkylation sites (N-methyl/N-ethyl adjacent to an activating group) is 1. The Bertz CT molecular complexity index is 1690. The molecule has 10 nitrogen and oxygen atoms in total. The summed E-state index contributed by atoms with van der Waals surface area (Å²) in [6.45, 7) is 9.64. The van der Waals surface area contributed by atoms with Gasteiger partial charge in [0.25, 0.3) is 5.91 Å². The Morgan fingerprint density at radius 2 is 1.84 bits per heavy atom. The van der Waals surface area contributed by atoms with Gasteiger partial charge in [-0.15, -0.1) is 0 Å². The van der Waals surface area contributed by atoms with Gasteiger partial charge in [0.2, 0.25) is 11.8 Å². The molecule has 2 aromatic heterocycles. The van der Waals surface area contributed by atoms with Crippen LogP contribution in [0.3, 0.4) is 0 Å². The molecule has 0 bridgehead atoms. The number of hydrogen-bond acceptors (Lipinski definition) is 9. The molecule has 3 heterocycles. The third-order valence-electron chi connectivity index (χ3n) is 7.49. The zero-order valence-electron chi connectivity index (χ0n) is 24.8. The highest BCUT2D eigenvalue weighted by atomic mass is 32.1. The van der Waals surface area contributed by atoms with Crippen molar-refractivity contribution < 1.29 is 14.3 Å². The number of nitrogens with zero attached hydrogens (tertiary/aromatic N) is 5. The van der Waals surface area contributed by atoms with Crippen molar-refractivity contribution in [1.29, 1.82) is 5.26 Å². The number of pyridine rings is 1. The number of thiazole rings is 1. The molecule has 4 aromatic rings. The number of nitriles is 1. The molecule has 0 radical (unpaired) electrons. The van der Waals surface area contributed by atoms with Gasteiger partial charge >= 0.3 is 0 Å². The maximum absolute atomic E-state index is 13.1. The summed E-state index contributed by atoms with van der Waals surface area (Å²) in [5.74, 6) is 0.594. The van der Waals surface area contributed by atoms with Crippen molar-refractivity contribution in [3.63, 3.8) is 0 Å². The van der Waals surface area contributed by atoms with Crippen molar-refractivity contribution in [2.45, 2.75) is 32.6 Å². The highest BCUT2D eigenvalue weighted by Crippen LogP contribution is 2.32. The maximum atomic E-state index is 13.1. The number of aromatic nitrogens is 2. The zero-order valence-corrected chi connectivity index (χ0v) is 25.6. The molecule has 1 saturated heterocycles. The van der Waals surface area contributed by atoms with Crippen molar-refractivity contribution in [3.05, 3.63) is 71.3 Å². The van der Waals surface area contributed by atoms with E-state index < -0.39 is 5.41 Å². The van der Waals surface area contributed by atoms with Gasteiger partial charge in [-0.1, -0.05) is 36.5 Å². The minimum Gasteiger partial charge on any atom is -0.439 e. The smallest absolute Gasteiger partial charge is 0.255 e. The molecule has 0 aliphatic carbocycles. The monoisotopic (exact) mass is 597 g/mol.